The van der Waals surface area contributed by atoms with Crippen molar-refractivity contribution in [3.63, 3.8) is 0 Å². The maximum Gasteiger partial charge on any atom is 0.337 e. The Morgan fingerprint density at radius 1 is 1.18 bits per heavy atom. The normalized spacial score (nSPS) is 32.2. The van der Waals surface area contributed by atoms with Crippen LogP contribution in [0.25, 0.3) is 0 Å². The van der Waals surface area contributed by atoms with Crippen LogP contribution in [0.5, 0.6) is 0 Å². The highest BCUT2D eigenvalue weighted by molar-refractivity contribution is 5.95. The van der Waals surface area contributed by atoms with E-state index in [1.54, 1.807) is 6.07 Å². The summed E-state index contributed by atoms with van der Waals surface area (Å²) in [5.41, 5.74) is 2.41. The van der Waals surface area contributed by atoms with Gasteiger partial charge in [-0.25, -0.2) is 4.79 Å². The van der Waals surface area contributed by atoms with Crippen LogP contribution in [0.1, 0.15) is 47.5 Å². The topological polar surface area (TPSA) is 49.3 Å². The van der Waals surface area contributed by atoms with E-state index >= 15 is 0 Å². The Hall–Kier alpha value is -2.03. The quantitative estimate of drug-likeness (QED) is 0.804. The van der Waals surface area contributed by atoms with E-state index in [9.17, 15) is 9.90 Å². The van der Waals surface area contributed by atoms with Gasteiger partial charge in [0.2, 0.25) is 0 Å². The summed E-state index contributed by atoms with van der Waals surface area (Å²) >= 11 is 0. The van der Waals surface area contributed by atoms with Gasteiger partial charge >= 0.3 is 5.97 Å². The number of carboxylic acid groups (broad SMARTS) is 1. The fourth-order valence-electron chi connectivity index (χ4n) is 4.45. The Bertz CT molecular complexity index is 661. The summed E-state index contributed by atoms with van der Waals surface area (Å²) in [7, 11) is 0. The summed E-state index contributed by atoms with van der Waals surface area (Å²) in [5, 5.41) is 13.1. The molecule has 4 atom stereocenters. The molecule has 0 bridgehead atoms. The van der Waals surface area contributed by atoms with Crippen molar-refractivity contribution < 1.29 is 9.90 Å². The molecule has 1 heterocycles. The first-order valence-electron chi connectivity index (χ1n) is 8.20. The van der Waals surface area contributed by atoms with E-state index in [1.807, 2.05) is 6.07 Å². The van der Waals surface area contributed by atoms with Gasteiger partial charge in [0.05, 0.1) is 11.3 Å². The lowest BCUT2D eigenvalue weighted by Crippen LogP contribution is -2.42. The van der Waals surface area contributed by atoms with Crippen LogP contribution in [0.3, 0.4) is 0 Å². The molecule has 2 aliphatic carbocycles. The summed E-state index contributed by atoms with van der Waals surface area (Å²) in [6, 6.07) is 6.04. The molecule has 2 N–H and O–H groups in total. The van der Waals surface area contributed by atoms with Crippen molar-refractivity contribution >= 4 is 11.7 Å². The number of para-hydroxylation sites is 1. The minimum absolute atomic E-state index is 0.367. The number of rotatable bonds is 2. The molecule has 0 saturated heterocycles. The van der Waals surface area contributed by atoms with Gasteiger partial charge in [0.15, 0.2) is 0 Å². The second-order valence-electron chi connectivity index (χ2n) is 6.64. The zero-order chi connectivity index (χ0) is 15.1. The highest BCUT2D eigenvalue weighted by atomic mass is 16.4. The van der Waals surface area contributed by atoms with Crippen LogP contribution in [0, 0.1) is 11.8 Å². The molecule has 3 heteroatoms. The molecular weight excluding hydrogens is 274 g/mol. The van der Waals surface area contributed by atoms with Gasteiger partial charge < -0.3 is 10.4 Å². The molecule has 4 rings (SSSR count). The van der Waals surface area contributed by atoms with Crippen molar-refractivity contribution in [2.24, 2.45) is 11.8 Å². The first-order valence-corrected chi connectivity index (χ1v) is 8.20. The smallest absolute Gasteiger partial charge is 0.337 e. The molecule has 3 aliphatic rings. The predicted molar refractivity (Wildman–Crippen MR) is 87.3 cm³/mol. The Balaban J connectivity index is 1.76. The first-order chi connectivity index (χ1) is 10.8. The number of aromatic carboxylic acids is 1. The number of carbonyl (C=O) groups is 1. The van der Waals surface area contributed by atoms with Gasteiger partial charge in [-0.2, -0.15) is 0 Å². The molecule has 0 aromatic heterocycles. The van der Waals surface area contributed by atoms with Crippen LogP contribution < -0.4 is 5.32 Å². The zero-order valence-electron chi connectivity index (χ0n) is 12.5. The van der Waals surface area contributed by atoms with Crippen molar-refractivity contribution in [1.82, 2.24) is 0 Å². The summed E-state index contributed by atoms with van der Waals surface area (Å²) in [6.07, 6.45) is 13.6. The van der Waals surface area contributed by atoms with Crippen LogP contribution in [-0.2, 0) is 0 Å². The van der Waals surface area contributed by atoms with E-state index in [0.717, 1.165) is 30.5 Å². The lowest BCUT2D eigenvalue weighted by molar-refractivity contribution is 0.0697. The van der Waals surface area contributed by atoms with E-state index in [1.165, 1.54) is 6.42 Å². The van der Waals surface area contributed by atoms with Crippen LogP contribution in [-0.4, -0.2) is 17.1 Å². The molecule has 0 radical (unpaired) electrons. The van der Waals surface area contributed by atoms with E-state index in [-0.39, 0.29) is 0 Å². The number of hydrogen-bond acceptors (Lipinski definition) is 2. The Morgan fingerprint density at radius 2 is 2.09 bits per heavy atom. The average molecular weight is 295 g/mol. The van der Waals surface area contributed by atoms with Gasteiger partial charge in [0.1, 0.15) is 0 Å². The molecule has 0 amide bonds. The monoisotopic (exact) mass is 295 g/mol. The van der Waals surface area contributed by atoms with Crippen molar-refractivity contribution in [1.29, 1.82) is 0 Å². The molecule has 1 aromatic carbocycles. The summed E-state index contributed by atoms with van der Waals surface area (Å²) in [5.74, 6) is 0.693. The second-order valence-corrected chi connectivity index (χ2v) is 6.64. The minimum Gasteiger partial charge on any atom is -0.478 e. The van der Waals surface area contributed by atoms with Crippen LogP contribution >= 0.6 is 0 Å². The van der Waals surface area contributed by atoms with Gasteiger partial charge in [-0.3, -0.25) is 0 Å². The molecule has 0 saturated carbocycles. The fourth-order valence-corrected chi connectivity index (χ4v) is 4.45. The van der Waals surface area contributed by atoms with Gasteiger partial charge in [0, 0.05) is 12.0 Å². The van der Waals surface area contributed by atoms with Gasteiger partial charge in [-0.15, -0.1) is 0 Å². The SMILES string of the molecule is O=C(O)c1cccc2c1N[C@H]([C@@H]1CC=CCC1)[C@H]1CC=C[C@@H]21. The second kappa shape index (κ2) is 5.31. The number of hydrogen-bond donors (Lipinski definition) is 2. The van der Waals surface area contributed by atoms with Gasteiger partial charge in [-0.05, 0) is 49.1 Å². The molecule has 3 nitrogen and oxygen atoms in total. The highest BCUT2D eigenvalue weighted by Crippen LogP contribution is 2.48. The molecule has 0 fully saturated rings. The lowest BCUT2D eigenvalue weighted by Gasteiger charge is -2.42. The lowest BCUT2D eigenvalue weighted by atomic mass is 9.71. The number of nitrogens with one attached hydrogen (secondary N) is 1. The third kappa shape index (κ3) is 2.07. The van der Waals surface area contributed by atoms with Crippen molar-refractivity contribution in [2.45, 2.75) is 37.6 Å². The highest BCUT2D eigenvalue weighted by Gasteiger charge is 2.41. The molecule has 22 heavy (non-hydrogen) atoms. The Morgan fingerprint density at radius 3 is 2.86 bits per heavy atom. The molecule has 0 spiro atoms. The van der Waals surface area contributed by atoms with Gasteiger partial charge in [-0.1, -0.05) is 36.4 Å². The summed E-state index contributed by atoms with van der Waals surface area (Å²) in [4.78, 5) is 11.6. The van der Waals surface area contributed by atoms with E-state index in [4.69, 9.17) is 0 Å². The summed E-state index contributed by atoms with van der Waals surface area (Å²) < 4.78 is 0. The molecule has 1 aliphatic heterocycles. The number of carboxylic acids is 1. The molecular formula is C19H21NO2. The maximum atomic E-state index is 11.6. The number of benzene rings is 1. The largest absolute Gasteiger partial charge is 0.478 e. The number of allylic oxidation sites excluding steroid dienone is 4. The maximum absolute atomic E-state index is 11.6. The Kier molecular flexibility index (Phi) is 3.29. The van der Waals surface area contributed by atoms with Crippen LogP contribution in [0.2, 0.25) is 0 Å². The Labute approximate surface area is 130 Å². The molecule has 0 unspecified atom stereocenters. The third-order valence-electron chi connectivity index (χ3n) is 5.49. The van der Waals surface area contributed by atoms with Crippen molar-refractivity contribution in [3.8, 4) is 0 Å². The molecule has 114 valence electrons. The number of anilines is 1. The fraction of sp³-hybridized carbons (Fsp3) is 0.421. The third-order valence-corrected chi connectivity index (χ3v) is 5.49. The van der Waals surface area contributed by atoms with E-state index < -0.39 is 5.97 Å². The summed E-state index contributed by atoms with van der Waals surface area (Å²) in [6.45, 7) is 0. The number of fused-ring (bicyclic) bond motifs is 3. The minimum atomic E-state index is -0.841. The first kappa shape index (κ1) is 13.6. The van der Waals surface area contributed by atoms with Crippen LogP contribution in [0.15, 0.2) is 42.5 Å². The van der Waals surface area contributed by atoms with Gasteiger partial charge in [0.25, 0.3) is 0 Å². The van der Waals surface area contributed by atoms with Crippen molar-refractivity contribution in [2.75, 3.05) is 5.32 Å². The predicted octanol–water partition coefficient (Wildman–Crippen LogP) is 4.19. The zero-order valence-corrected chi connectivity index (χ0v) is 12.5. The molecule has 1 aromatic rings. The average Bonchev–Trinajstić information content (AvgIpc) is 3.04. The van der Waals surface area contributed by atoms with Crippen molar-refractivity contribution in [3.05, 3.63) is 53.6 Å². The van der Waals surface area contributed by atoms with E-state index in [0.29, 0.717) is 29.4 Å². The van der Waals surface area contributed by atoms with E-state index in [2.05, 4.69) is 35.7 Å². The standard InChI is InChI=1S/C19H21NO2/c21-19(22)16-11-5-10-15-13-8-4-9-14(13)17(20-18(15)16)12-6-2-1-3-7-12/h1-2,4-5,8,10-14,17,20H,3,6-7,9H2,(H,21,22)/t12-,13-,14+,17-/m1/s1. The van der Waals surface area contributed by atoms with Crippen LogP contribution in [0.4, 0.5) is 5.69 Å².